The maximum atomic E-state index is 12.4. The molecule has 0 heterocycles. The largest absolute Gasteiger partial charge is 0.493 e. The molecule has 1 unspecified atom stereocenters. The van der Waals surface area contributed by atoms with Crippen LogP contribution in [-0.2, 0) is 6.54 Å². The van der Waals surface area contributed by atoms with Crippen molar-refractivity contribution in [3.8, 4) is 17.2 Å². The highest BCUT2D eigenvalue weighted by Crippen LogP contribution is 2.28. The summed E-state index contributed by atoms with van der Waals surface area (Å²) in [5.41, 5.74) is 1.55. The number of ether oxygens (including phenoxy) is 3. The fourth-order valence-electron chi connectivity index (χ4n) is 2.55. The zero-order valence-electron chi connectivity index (χ0n) is 17.3. The summed E-state index contributed by atoms with van der Waals surface area (Å²) in [6.45, 7) is 7.30. The Morgan fingerprint density at radius 2 is 1.82 bits per heavy atom. The van der Waals surface area contributed by atoms with Gasteiger partial charge in [0.1, 0.15) is 5.75 Å². The Kier molecular flexibility index (Phi) is 8.66. The molecule has 5 heteroatoms. The van der Waals surface area contributed by atoms with Crippen LogP contribution in [0, 0.1) is 0 Å². The molecule has 2 rings (SSSR count). The predicted octanol–water partition coefficient (Wildman–Crippen LogP) is 4.98. The molecule has 0 bridgehead atoms. The van der Waals surface area contributed by atoms with E-state index in [1.54, 1.807) is 19.2 Å². The molecule has 1 amide bonds. The number of methoxy groups -OCH3 is 1. The Hall–Kier alpha value is -2.69. The zero-order valence-corrected chi connectivity index (χ0v) is 17.3. The van der Waals surface area contributed by atoms with E-state index in [1.165, 1.54) is 0 Å². The van der Waals surface area contributed by atoms with Crippen LogP contribution in [0.2, 0.25) is 0 Å². The monoisotopic (exact) mass is 385 g/mol. The van der Waals surface area contributed by atoms with Gasteiger partial charge in [-0.2, -0.15) is 0 Å². The van der Waals surface area contributed by atoms with Gasteiger partial charge in [-0.1, -0.05) is 26.3 Å². The molecule has 0 saturated carbocycles. The third-order valence-electron chi connectivity index (χ3n) is 4.47. The van der Waals surface area contributed by atoms with E-state index in [4.69, 9.17) is 14.2 Å². The van der Waals surface area contributed by atoms with Crippen molar-refractivity contribution in [2.24, 2.45) is 0 Å². The molecule has 28 heavy (non-hydrogen) atoms. The topological polar surface area (TPSA) is 56.8 Å². The molecule has 0 radical (unpaired) electrons. The highest BCUT2D eigenvalue weighted by atomic mass is 16.5. The quantitative estimate of drug-likeness (QED) is 0.554. The van der Waals surface area contributed by atoms with E-state index in [2.05, 4.69) is 19.2 Å². The smallest absolute Gasteiger partial charge is 0.251 e. The number of amides is 1. The Morgan fingerprint density at radius 3 is 2.46 bits per heavy atom. The molecule has 0 aliphatic heterocycles. The Morgan fingerprint density at radius 1 is 1.07 bits per heavy atom. The van der Waals surface area contributed by atoms with Crippen LogP contribution in [0.15, 0.2) is 42.5 Å². The average molecular weight is 386 g/mol. The van der Waals surface area contributed by atoms with Crippen LogP contribution in [0.5, 0.6) is 17.2 Å². The van der Waals surface area contributed by atoms with Crippen molar-refractivity contribution in [2.75, 3.05) is 13.7 Å². The van der Waals surface area contributed by atoms with Crippen molar-refractivity contribution in [3.05, 3.63) is 53.6 Å². The first-order valence-electron chi connectivity index (χ1n) is 9.92. The lowest BCUT2D eigenvalue weighted by atomic mass is 10.1. The molecule has 0 spiro atoms. The van der Waals surface area contributed by atoms with E-state index in [0.717, 1.165) is 36.3 Å². The second-order valence-corrected chi connectivity index (χ2v) is 6.73. The third-order valence-corrected chi connectivity index (χ3v) is 4.47. The van der Waals surface area contributed by atoms with Crippen molar-refractivity contribution in [3.63, 3.8) is 0 Å². The summed E-state index contributed by atoms with van der Waals surface area (Å²) >= 11 is 0. The number of rotatable bonds is 11. The summed E-state index contributed by atoms with van der Waals surface area (Å²) in [5.74, 6) is 2.05. The lowest BCUT2D eigenvalue weighted by Gasteiger charge is -2.13. The number of hydrogen-bond donors (Lipinski definition) is 1. The van der Waals surface area contributed by atoms with E-state index in [0.29, 0.717) is 24.5 Å². The molecule has 5 nitrogen and oxygen atoms in total. The first-order chi connectivity index (χ1) is 13.6. The number of unbranched alkanes of at least 4 members (excludes halogenated alkanes) is 1. The molecule has 0 fully saturated rings. The molecular formula is C23H31NO4. The summed E-state index contributed by atoms with van der Waals surface area (Å²) < 4.78 is 16.9. The van der Waals surface area contributed by atoms with Gasteiger partial charge in [-0.3, -0.25) is 4.79 Å². The van der Waals surface area contributed by atoms with Crippen molar-refractivity contribution in [1.29, 1.82) is 0 Å². The maximum absolute atomic E-state index is 12.4. The molecule has 2 aromatic carbocycles. The zero-order chi connectivity index (χ0) is 20.4. The lowest BCUT2D eigenvalue weighted by molar-refractivity contribution is 0.0951. The number of carbonyl (C=O) groups is 1. The molecule has 0 saturated heterocycles. The van der Waals surface area contributed by atoms with Gasteiger partial charge in [0.25, 0.3) is 5.91 Å². The minimum absolute atomic E-state index is 0.127. The Bertz CT molecular complexity index is 743. The summed E-state index contributed by atoms with van der Waals surface area (Å²) in [6, 6.07) is 12.9. The van der Waals surface area contributed by atoms with E-state index >= 15 is 0 Å². The molecule has 0 aromatic heterocycles. The molecular weight excluding hydrogens is 354 g/mol. The number of nitrogens with one attached hydrogen (secondary N) is 1. The van der Waals surface area contributed by atoms with Crippen molar-refractivity contribution in [1.82, 2.24) is 5.32 Å². The fraction of sp³-hybridized carbons (Fsp3) is 0.435. The van der Waals surface area contributed by atoms with Gasteiger partial charge in [0.2, 0.25) is 0 Å². The average Bonchev–Trinajstić information content (AvgIpc) is 2.73. The molecule has 0 aliphatic rings. The van der Waals surface area contributed by atoms with Crippen LogP contribution in [0.4, 0.5) is 0 Å². The highest BCUT2D eigenvalue weighted by molar-refractivity contribution is 5.94. The van der Waals surface area contributed by atoms with Crippen molar-refractivity contribution >= 4 is 5.91 Å². The first-order valence-corrected chi connectivity index (χ1v) is 9.92. The van der Waals surface area contributed by atoms with Crippen LogP contribution in [0.3, 0.4) is 0 Å². The Balaban J connectivity index is 1.92. The molecule has 152 valence electrons. The van der Waals surface area contributed by atoms with E-state index < -0.39 is 0 Å². The van der Waals surface area contributed by atoms with Crippen LogP contribution >= 0.6 is 0 Å². The lowest BCUT2D eigenvalue weighted by Crippen LogP contribution is -2.22. The van der Waals surface area contributed by atoms with Crippen LogP contribution in [0.1, 0.15) is 56.0 Å². The van der Waals surface area contributed by atoms with Gasteiger partial charge in [-0.25, -0.2) is 0 Å². The molecule has 2 aromatic rings. The van der Waals surface area contributed by atoms with Gasteiger partial charge in [0, 0.05) is 12.1 Å². The molecule has 1 atom stereocenters. The minimum atomic E-state index is -0.127. The van der Waals surface area contributed by atoms with Crippen molar-refractivity contribution in [2.45, 2.75) is 52.7 Å². The van der Waals surface area contributed by atoms with Crippen LogP contribution in [-0.4, -0.2) is 25.7 Å². The van der Waals surface area contributed by atoms with E-state index in [-0.39, 0.29) is 12.0 Å². The minimum Gasteiger partial charge on any atom is -0.493 e. The number of hydrogen-bond acceptors (Lipinski definition) is 4. The van der Waals surface area contributed by atoms with E-state index in [1.807, 2.05) is 37.3 Å². The second-order valence-electron chi connectivity index (χ2n) is 6.73. The number of carbonyl (C=O) groups excluding carboxylic acids is 1. The van der Waals surface area contributed by atoms with Gasteiger partial charge in [-0.15, -0.1) is 0 Å². The predicted molar refractivity (Wildman–Crippen MR) is 111 cm³/mol. The standard InChI is InChI=1S/C23H31NO4/c1-5-7-14-27-21-13-8-18(15-22(21)26-4)16-24-23(25)19-9-11-20(12-10-19)28-17(3)6-2/h8-13,15,17H,5-7,14,16H2,1-4H3,(H,24,25). The number of benzene rings is 2. The highest BCUT2D eigenvalue weighted by Gasteiger charge is 2.09. The fourth-order valence-corrected chi connectivity index (χ4v) is 2.55. The normalized spacial score (nSPS) is 11.6. The van der Waals surface area contributed by atoms with Gasteiger partial charge < -0.3 is 19.5 Å². The van der Waals surface area contributed by atoms with Gasteiger partial charge in [0.15, 0.2) is 11.5 Å². The van der Waals surface area contributed by atoms with Crippen LogP contribution in [0.25, 0.3) is 0 Å². The van der Waals surface area contributed by atoms with Gasteiger partial charge >= 0.3 is 0 Å². The molecule has 0 aliphatic carbocycles. The Labute approximate surface area is 168 Å². The van der Waals surface area contributed by atoms with Gasteiger partial charge in [-0.05, 0) is 61.7 Å². The third kappa shape index (κ3) is 6.48. The van der Waals surface area contributed by atoms with Gasteiger partial charge in [0.05, 0.1) is 19.8 Å². The summed E-state index contributed by atoms with van der Waals surface area (Å²) in [6.07, 6.45) is 3.18. The second kappa shape index (κ2) is 11.2. The van der Waals surface area contributed by atoms with Crippen molar-refractivity contribution < 1.29 is 19.0 Å². The summed E-state index contributed by atoms with van der Waals surface area (Å²) in [5, 5.41) is 2.93. The van der Waals surface area contributed by atoms with E-state index in [9.17, 15) is 4.79 Å². The maximum Gasteiger partial charge on any atom is 0.251 e. The molecule has 1 N–H and O–H groups in total. The SMILES string of the molecule is CCCCOc1ccc(CNC(=O)c2ccc(OC(C)CC)cc2)cc1OC. The first kappa shape index (κ1) is 21.6. The summed E-state index contributed by atoms with van der Waals surface area (Å²) in [7, 11) is 1.62. The summed E-state index contributed by atoms with van der Waals surface area (Å²) in [4.78, 5) is 12.4. The van der Waals surface area contributed by atoms with Crippen LogP contribution < -0.4 is 19.5 Å².